The Hall–Kier alpha value is -1.23. The van der Waals surface area contributed by atoms with Gasteiger partial charge in [-0.1, -0.05) is 30.6 Å². The molecule has 10 heteroatoms. The van der Waals surface area contributed by atoms with Gasteiger partial charge in [-0.05, 0) is 12.8 Å². The normalized spacial score (nSPS) is 19.6. The molecule has 0 radical (unpaired) electrons. The third-order valence-corrected chi connectivity index (χ3v) is 7.53. The molecule has 1 aromatic heterocycles. The van der Waals surface area contributed by atoms with Gasteiger partial charge in [0.25, 0.3) is 10.2 Å². The van der Waals surface area contributed by atoms with Crippen LogP contribution in [-0.4, -0.2) is 54.7 Å². The predicted octanol–water partition coefficient (Wildman–Crippen LogP) is 1.76. The third kappa shape index (κ3) is 4.30. The second-order valence-electron chi connectivity index (χ2n) is 6.70. The second kappa shape index (κ2) is 7.56. The molecule has 2 heterocycles. The number of anilines is 1. The van der Waals surface area contributed by atoms with Crippen LogP contribution >= 0.6 is 11.3 Å². The van der Waals surface area contributed by atoms with Gasteiger partial charge in [0.2, 0.25) is 0 Å². The monoisotopic (exact) mass is 387 g/mol. The van der Waals surface area contributed by atoms with Crippen molar-refractivity contribution in [1.29, 1.82) is 0 Å². The van der Waals surface area contributed by atoms with Crippen LogP contribution in [0.1, 0.15) is 42.7 Å². The van der Waals surface area contributed by atoms with Crippen LogP contribution in [0.25, 0.3) is 0 Å². The lowest BCUT2D eigenvalue weighted by molar-refractivity contribution is 0.244. The summed E-state index contributed by atoms with van der Waals surface area (Å²) in [7, 11) is -0.374. The first kappa shape index (κ1) is 18.6. The van der Waals surface area contributed by atoms with E-state index in [0.29, 0.717) is 24.6 Å². The molecule has 1 saturated carbocycles. The zero-order valence-corrected chi connectivity index (χ0v) is 16.3. The molecule has 8 nitrogen and oxygen atoms in total. The van der Waals surface area contributed by atoms with E-state index < -0.39 is 10.2 Å². The van der Waals surface area contributed by atoms with E-state index in [1.807, 2.05) is 0 Å². The number of urea groups is 1. The Morgan fingerprint density at radius 1 is 1.28 bits per heavy atom. The fraction of sp³-hybridized carbons (Fsp3) is 0.733. The summed E-state index contributed by atoms with van der Waals surface area (Å²) in [5.74, 6) is 0. The number of amides is 2. The second-order valence-corrected chi connectivity index (χ2v) is 9.92. The van der Waals surface area contributed by atoms with Crippen molar-refractivity contribution >= 4 is 32.7 Å². The van der Waals surface area contributed by atoms with Crippen molar-refractivity contribution in [3.63, 3.8) is 0 Å². The van der Waals surface area contributed by atoms with Gasteiger partial charge in [0.05, 0.1) is 12.2 Å². The first-order chi connectivity index (χ1) is 11.9. The fourth-order valence-electron chi connectivity index (χ4n) is 3.22. The Labute approximate surface area is 152 Å². The van der Waals surface area contributed by atoms with Gasteiger partial charge in [0.15, 0.2) is 5.13 Å². The Bertz CT molecular complexity index is 726. The van der Waals surface area contributed by atoms with Crippen LogP contribution < -0.4 is 10.6 Å². The number of aromatic nitrogens is 1. The van der Waals surface area contributed by atoms with Gasteiger partial charge in [-0.15, -0.1) is 0 Å². The van der Waals surface area contributed by atoms with Gasteiger partial charge in [-0.25, -0.2) is 9.78 Å². The van der Waals surface area contributed by atoms with Gasteiger partial charge in [-0.3, -0.25) is 5.32 Å². The SMILES string of the molecule is CN(C)S(=O)(=O)N1CCc2nc(NC(=O)NC3CCCCC3)sc2C1. The Kier molecular flexibility index (Phi) is 5.62. The molecular weight excluding hydrogens is 362 g/mol. The number of nitrogens with one attached hydrogen (secondary N) is 2. The maximum Gasteiger partial charge on any atom is 0.321 e. The average molecular weight is 388 g/mol. The number of hydrogen-bond donors (Lipinski definition) is 2. The van der Waals surface area contributed by atoms with E-state index in [0.717, 1.165) is 36.3 Å². The van der Waals surface area contributed by atoms with Crippen LogP contribution in [0.3, 0.4) is 0 Å². The third-order valence-electron chi connectivity index (χ3n) is 4.64. The molecule has 1 aliphatic heterocycles. The molecule has 2 amide bonds. The molecular formula is C15H25N5O3S2. The molecule has 140 valence electrons. The van der Waals surface area contributed by atoms with Crippen molar-refractivity contribution in [2.45, 2.75) is 51.1 Å². The molecule has 25 heavy (non-hydrogen) atoms. The fourth-order valence-corrected chi connectivity index (χ4v) is 5.40. The summed E-state index contributed by atoms with van der Waals surface area (Å²) in [5, 5.41) is 6.33. The van der Waals surface area contributed by atoms with Crippen LogP contribution in [0.2, 0.25) is 0 Å². The molecule has 0 atom stereocenters. The van der Waals surface area contributed by atoms with Crippen LogP contribution in [0, 0.1) is 0 Å². The van der Waals surface area contributed by atoms with Crippen molar-refractivity contribution in [1.82, 2.24) is 18.9 Å². The number of rotatable bonds is 4. The Morgan fingerprint density at radius 2 is 2.00 bits per heavy atom. The molecule has 3 rings (SSSR count). The molecule has 1 aromatic rings. The lowest BCUT2D eigenvalue weighted by Gasteiger charge is -2.27. The Morgan fingerprint density at radius 3 is 2.68 bits per heavy atom. The van der Waals surface area contributed by atoms with Crippen LogP contribution in [0.4, 0.5) is 9.93 Å². The van der Waals surface area contributed by atoms with E-state index in [1.54, 1.807) is 0 Å². The lowest BCUT2D eigenvalue weighted by atomic mass is 9.96. The summed E-state index contributed by atoms with van der Waals surface area (Å²) in [6.07, 6.45) is 6.17. The van der Waals surface area contributed by atoms with Crippen molar-refractivity contribution in [2.24, 2.45) is 0 Å². The van der Waals surface area contributed by atoms with Gasteiger partial charge in [-0.2, -0.15) is 17.0 Å². The molecule has 0 aromatic carbocycles. The van der Waals surface area contributed by atoms with E-state index in [2.05, 4.69) is 15.6 Å². The minimum atomic E-state index is -3.43. The number of fused-ring (bicyclic) bond motifs is 1. The first-order valence-corrected chi connectivity index (χ1v) is 10.8. The zero-order chi connectivity index (χ0) is 18.0. The van der Waals surface area contributed by atoms with E-state index in [-0.39, 0.29) is 12.1 Å². The topological polar surface area (TPSA) is 94.6 Å². The highest BCUT2D eigenvalue weighted by molar-refractivity contribution is 7.86. The first-order valence-electron chi connectivity index (χ1n) is 8.60. The minimum absolute atomic E-state index is 0.226. The largest absolute Gasteiger partial charge is 0.335 e. The molecule has 1 fully saturated rings. The molecule has 0 spiro atoms. The molecule has 2 N–H and O–H groups in total. The van der Waals surface area contributed by atoms with Crippen LogP contribution in [0.5, 0.6) is 0 Å². The summed E-state index contributed by atoms with van der Waals surface area (Å²) in [5.41, 5.74) is 0.878. The minimum Gasteiger partial charge on any atom is -0.335 e. The molecule has 0 saturated heterocycles. The van der Waals surface area contributed by atoms with E-state index in [1.165, 1.54) is 40.5 Å². The van der Waals surface area contributed by atoms with Crippen LogP contribution in [-0.2, 0) is 23.2 Å². The van der Waals surface area contributed by atoms with Gasteiger partial charge in [0.1, 0.15) is 0 Å². The predicted molar refractivity (Wildman–Crippen MR) is 97.9 cm³/mol. The van der Waals surface area contributed by atoms with Crippen molar-refractivity contribution in [3.8, 4) is 0 Å². The highest BCUT2D eigenvalue weighted by Crippen LogP contribution is 2.30. The number of thiazole rings is 1. The summed E-state index contributed by atoms with van der Waals surface area (Å²) in [6.45, 7) is 0.713. The number of hydrogen-bond acceptors (Lipinski definition) is 5. The summed E-state index contributed by atoms with van der Waals surface area (Å²) >= 11 is 1.35. The van der Waals surface area contributed by atoms with Crippen LogP contribution in [0.15, 0.2) is 0 Å². The van der Waals surface area contributed by atoms with Gasteiger partial charge < -0.3 is 5.32 Å². The lowest BCUT2D eigenvalue weighted by Crippen LogP contribution is -2.42. The highest BCUT2D eigenvalue weighted by Gasteiger charge is 2.30. The number of nitrogens with zero attached hydrogens (tertiary/aromatic N) is 3. The number of carbonyl (C=O) groups excluding carboxylic acids is 1. The van der Waals surface area contributed by atoms with Gasteiger partial charge >= 0.3 is 6.03 Å². The quantitative estimate of drug-likeness (QED) is 0.823. The van der Waals surface area contributed by atoms with E-state index in [4.69, 9.17) is 0 Å². The zero-order valence-electron chi connectivity index (χ0n) is 14.6. The molecule has 2 aliphatic rings. The maximum absolute atomic E-state index is 12.3. The summed E-state index contributed by atoms with van der Waals surface area (Å²) in [6, 6.07) is 0.0137. The van der Waals surface area contributed by atoms with Gasteiger partial charge in [0, 0.05) is 38.0 Å². The van der Waals surface area contributed by atoms with Crippen molar-refractivity contribution in [3.05, 3.63) is 10.6 Å². The molecule has 0 bridgehead atoms. The summed E-state index contributed by atoms with van der Waals surface area (Å²) in [4.78, 5) is 17.5. The molecule has 1 aliphatic carbocycles. The standard InChI is InChI=1S/C15H25N5O3S2/c1-19(2)25(22,23)20-9-8-12-13(10-20)24-15(17-12)18-14(21)16-11-6-4-3-5-7-11/h11H,3-10H2,1-2H3,(H2,16,17,18,21). The van der Waals surface area contributed by atoms with Crippen molar-refractivity contribution in [2.75, 3.05) is 26.0 Å². The van der Waals surface area contributed by atoms with E-state index in [9.17, 15) is 13.2 Å². The maximum atomic E-state index is 12.3. The smallest absolute Gasteiger partial charge is 0.321 e. The molecule has 0 unspecified atom stereocenters. The van der Waals surface area contributed by atoms with Crippen molar-refractivity contribution < 1.29 is 13.2 Å². The Balaban J connectivity index is 1.61. The summed E-state index contributed by atoms with van der Waals surface area (Å²) < 4.78 is 27.2. The highest BCUT2D eigenvalue weighted by atomic mass is 32.2. The van der Waals surface area contributed by atoms with E-state index >= 15 is 0 Å². The average Bonchev–Trinajstić information content (AvgIpc) is 2.96. The number of carbonyl (C=O) groups is 1.